The highest BCUT2D eigenvalue weighted by atomic mass is 32.2. The number of hydrogen-bond donors (Lipinski definition) is 0. The van der Waals surface area contributed by atoms with E-state index in [1.165, 1.54) is 10.4 Å². The van der Waals surface area contributed by atoms with Gasteiger partial charge in [-0.05, 0) is 38.2 Å². The molecule has 0 saturated carbocycles. The van der Waals surface area contributed by atoms with Crippen molar-refractivity contribution in [3.63, 3.8) is 0 Å². The van der Waals surface area contributed by atoms with Crippen LogP contribution in [-0.4, -0.2) is 14.7 Å². The maximum absolute atomic E-state index is 13.3. The first kappa shape index (κ1) is 17.8. The van der Waals surface area contributed by atoms with Crippen molar-refractivity contribution in [3.8, 4) is 0 Å². The predicted octanol–water partition coefficient (Wildman–Crippen LogP) is 4.73. The van der Waals surface area contributed by atoms with Crippen LogP contribution < -0.4 is 5.56 Å². The van der Waals surface area contributed by atoms with Crippen LogP contribution in [0.15, 0.2) is 20.5 Å². The SMILES string of the molecule is CCCCCn1c(SCc2cc(C)no2)nc2sc3c(c2c1=O)CCC3. The van der Waals surface area contributed by atoms with Gasteiger partial charge in [0.2, 0.25) is 0 Å². The molecule has 0 atom stereocenters. The molecule has 3 aromatic heterocycles. The van der Waals surface area contributed by atoms with Crippen LogP contribution in [0.25, 0.3) is 10.2 Å². The molecule has 1 aliphatic carbocycles. The van der Waals surface area contributed by atoms with Crippen molar-refractivity contribution in [2.24, 2.45) is 0 Å². The fourth-order valence-corrected chi connectivity index (χ4v) is 5.71. The fraction of sp³-hybridized carbons (Fsp3) is 0.526. The van der Waals surface area contributed by atoms with Gasteiger partial charge < -0.3 is 4.52 Å². The van der Waals surface area contributed by atoms with Crippen LogP contribution in [0.5, 0.6) is 0 Å². The van der Waals surface area contributed by atoms with Gasteiger partial charge in [-0.25, -0.2) is 4.98 Å². The summed E-state index contributed by atoms with van der Waals surface area (Å²) in [5.41, 5.74) is 2.27. The number of rotatable bonds is 7. The molecule has 3 aromatic rings. The predicted molar refractivity (Wildman–Crippen MR) is 106 cm³/mol. The number of hydrogen-bond acceptors (Lipinski definition) is 6. The number of fused-ring (bicyclic) bond motifs is 3. The molecule has 0 amide bonds. The Hall–Kier alpha value is -1.60. The highest BCUT2D eigenvalue weighted by Gasteiger charge is 2.23. The van der Waals surface area contributed by atoms with Crippen LogP contribution in [0.1, 0.15) is 54.5 Å². The molecule has 0 aliphatic heterocycles. The summed E-state index contributed by atoms with van der Waals surface area (Å²) in [4.78, 5) is 20.4. The van der Waals surface area contributed by atoms with Gasteiger partial charge in [-0.1, -0.05) is 36.7 Å². The van der Waals surface area contributed by atoms with Crippen molar-refractivity contribution in [1.29, 1.82) is 0 Å². The van der Waals surface area contributed by atoms with Crippen molar-refractivity contribution in [1.82, 2.24) is 14.7 Å². The van der Waals surface area contributed by atoms with Crippen molar-refractivity contribution >= 4 is 33.3 Å². The molecule has 0 spiro atoms. The zero-order chi connectivity index (χ0) is 18.1. The van der Waals surface area contributed by atoms with Crippen molar-refractivity contribution < 1.29 is 4.52 Å². The van der Waals surface area contributed by atoms with E-state index in [0.29, 0.717) is 5.75 Å². The molecule has 0 saturated heterocycles. The Morgan fingerprint density at radius 1 is 1.35 bits per heavy atom. The fourth-order valence-electron chi connectivity index (χ4n) is 3.51. The number of thiophene rings is 1. The number of aryl methyl sites for hydroxylation is 3. The second-order valence-corrected chi connectivity index (χ2v) is 8.85. The summed E-state index contributed by atoms with van der Waals surface area (Å²) in [6, 6.07) is 1.94. The molecule has 0 aromatic carbocycles. The summed E-state index contributed by atoms with van der Waals surface area (Å²) in [6.07, 6.45) is 6.53. The molecule has 4 rings (SSSR count). The van der Waals surface area contributed by atoms with Gasteiger partial charge in [0.25, 0.3) is 5.56 Å². The third-order valence-corrected chi connectivity index (χ3v) is 6.98. The molecule has 5 nitrogen and oxygen atoms in total. The standard InChI is InChI=1S/C19H23N3O2S2/c1-3-4-5-9-22-18(23)16-14-7-6-8-15(14)26-17(16)20-19(22)25-11-13-10-12(2)21-24-13/h10H,3-9,11H2,1-2H3. The van der Waals surface area contributed by atoms with Crippen LogP contribution in [-0.2, 0) is 25.1 Å². The van der Waals surface area contributed by atoms with Gasteiger partial charge in [0.1, 0.15) is 10.6 Å². The summed E-state index contributed by atoms with van der Waals surface area (Å²) in [7, 11) is 0. The average Bonchev–Trinajstić information content (AvgIpc) is 3.31. The Morgan fingerprint density at radius 2 is 2.23 bits per heavy atom. The van der Waals surface area contributed by atoms with Crippen molar-refractivity contribution in [2.45, 2.75) is 69.8 Å². The Bertz CT molecular complexity index is 987. The summed E-state index contributed by atoms with van der Waals surface area (Å²) in [5, 5.41) is 5.61. The normalized spacial score (nSPS) is 13.6. The van der Waals surface area contributed by atoms with Gasteiger partial charge >= 0.3 is 0 Å². The number of nitrogens with zero attached hydrogens (tertiary/aromatic N) is 3. The summed E-state index contributed by atoms with van der Waals surface area (Å²) in [5.74, 6) is 1.45. The molecule has 0 bridgehead atoms. The Balaban J connectivity index is 1.71. The molecule has 1 aliphatic rings. The van der Waals surface area contributed by atoms with E-state index >= 15 is 0 Å². The molecule has 3 heterocycles. The summed E-state index contributed by atoms with van der Waals surface area (Å²) < 4.78 is 7.19. The third kappa shape index (κ3) is 3.34. The second kappa shape index (κ2) is 7.56. The molecular formula is C19H23N3O2S2. The van der Waals surface area contributed by atoms with Gasteiger partial charge in [-0.2, -0.15) is 0 Å². The first-order valence-corrected chi connectivity index (χ1v) is 11.1. The minimum Gasteiger partial charge on any atom is -0.360 e. The topological polar surface area (TPSA) is 60.9 Å². The van der Waals surface area contributed by atoms with Crippen LogP contribution in [0, 0.1) is 6.92 Å². The van der Waals surface area contributed by atoms with E-state index in [2.05, 4.69) is 12.1 Å². The number of aromatic nitrogens is 3. The molecule has 0 radical (unpaired) electrons. The second-order valence-electron chi connectivity index (χ2n) is 6.82. The lowest BCUT2D eigenvalue weighted by atomic mass is 10.2. The van der Waals surface area contributed by atoms with Gasteiger partial charge in [0.15, 0.2) is 5.16 Å². The molecule has 0 N–H and O–H groups in total. The summed E-state index contributed by atoms with van der Waals surface area (Å²) in [6.45, 7) is 4.83. The zero-order valence-electron chi connectivity index (χ0n) is 15.2. The summed E-state index contributed by atoms with van der Waals surface area (Å²) >= 11 is 3.27. The van der Waals surface area contributed by atoms with Crippen LogP contribution in [0.4, 0.5) is 0 Å². The van der Waals surface area contributed by atoms with Gasteiger partial charge in [0, 0.05) is 17.5 Å². The third-order valence-electron chi connectivity index (χ3n) is 4.80. The van der Waals surface area contributed by atoms with E-state index in [1.54, 1.807) is 23.1 Å². The van der Waals surface area contributed by atoms with E-state index in [9.17, 15) is 4.79 Å². The highest BCUT2D eigenvalue weighted by Crippen LogP contribution is 2.36. The van der Waals surface area contributed by atoms with E-state index in [0.717, 1.165) is 71.9 Å². The quantitative estimate of drug-likeness (QED) is 0.332. The molecule has 0 unspecified atom stereocenters. The minimum absolute atomic E-state index is 0.141. The lowest BCUT2D eigenvalue weighted by molar-refractivity contribution is 0.390. The Labute approximate surface area is 160 Å². The minimum atomic E-state index is 0.141. The van der Waals surface area contributed by atoms with Crippen molar-refractivity contribution in [3.05, 3.63) is 38.3 Å². The maximum atomic E-state index is 13.3. The van der Waals surface area contributed by atoms with E-state index in [-0.39, 0.29) is 5.56 Å². The van der Waals surface area contributed by atoms with Crippen molar-refractivity contribution in [2.75, 3.05) is 0 Å². The van der Waals surface area contributed by atoms with Crippen LogP contribution in [0.2, 0.25) is 0 Å². The lowest BCUT2D eigenvalue weighted by Gasteiger charge is -2.11. The first-order chi connectivity index (χ1) is 12.7. The van der Waals surface area contributed by atoms with Gasteiger partial charge in [0.05, 0.1) is 16.8 Å². The molecule has 138 valence electrons. The first-order valence-electron chi connectivity index (χ1n) is 9.27. The van der Waals surface area contributed by atoms with E-state index in [1.807, 2.05) is 17.6 Å². The van der Waals surface area contributed by atoms with E-state index in [4.69, 9.17) is 9.51 Å². The smallest absolute Gasteiger partial charge is 0.263 e. The maximum Gasteiger partial charge on any atom is 0.263 e. The average molecular weight is 390 g/mol. The molecule has 26 heavy (non-hydrogen) atoms. The van der Waals surface area contributed by atoms with Crippen LogP contribution >= 0.6 is 23.1 Å². The monoisotopic (exact) mass is 389 g/mol. The van der Waals surface area contributed by atoms with E-state index < -0.39 is 0 Å². The largest absolute Gasteiger partial charge is 0.360 e. The van der Waals surface area contributed by atoms with Gasteiger partial charge in [-0.3, -0.25) is 9.36 Å². The highest BCUT2D eigenvalue weighted by molar-refractivity contribution is 7.98. The number of thioether (sulfide) groups is 1. The lowest BCUT2D eigenvalue weighted by Crippen LogP contribution is -2.23. The van der Waals surface area contributed by atoms with Gasteiger partial charge in [-0.15, -0.1) is 11.3 Å². The molecule has 0 fully saturated rings. The molecular weight excluding hydrogens is 366 g/mol. The Morgan fingerprint density at radius 3 is 3.00 bits per heavy atom. The molecule has 7 heteroatoms. The number of unbranched alkanes of at least 4 members (excludes halogenated alkanes) is 2. The van der Waals surface area contributed by atoms with Crippen LogP contribution in [0.3, 0.4) is 0 Å². The Kier molecular flexibility index (Phi) is 5.18. The zero-order valence-corrected chi connectivity index (χ0v) is 16.8.